The van der Waals surface area contributed by atoms with Crippen molar-refractivity contribution in [1.82, 2.24) is 0 Å². The number of fused-ring (bicyclic) bond motifs is 1. The van der Waals surface area contributed by atoms with Gasteiger partial charge >= 0.3 is 0 Å². The van der Waals surface area contributed by atoms with E-state index in [4.69, 9.17) is 5.73 Å². The first-order valence-corrected chi connectivity index (χ1v) is 6.08. The molecule has 2 N–H and O–H groups in total. The third-order valence-corrected chi connectivity index (χ3v) is 3.50. The zero-order valence-corrected chi connectivity index (χ0v) is 10.5. The molecule has 1 atom stereocenters. The molecule has 0 spiro atoms. The van der Waals surface area contributed by atoms with E-state index in [0.717, 1.165) is 19.5 Å². The third-order valence-electron chi connectivity index (χ3n) is 3.50. The van der Waals surface area contributed by atoms with Crippen LogP contribution in [0.5, 0.6) is 0 Å². The summed E-state index contributed by atoms with van der Waals surface area (Å²) in [5, 5.41) is 0. The van der Waals surface area contributed by atoms with E-state index in [9.17, 15) is 0 Å². The molecule has 1 aliphatic heterocycles. The molecule has 2 nitrogen and oxygen atoms in total. The van der Waals surface area contributed by atoms with Gasteiger partial charge in [-0.2, -0.15) is 0 Å². The Balaban J connectivity index is 2.22. The molecule has 1 aliphatic rings. The van der Waals surface area contributed by atoms with Gasteiger partial charge in [0.2, 0.25) is 0 Å². The maximum Gasteiger partial charge on any atom is 0.0402 e. The molecule has 88 valence electrons. The molecule has 1 aromatic carbocycles. The summed E-state index contributed by atoms with van der Waals surface area (Å²) in [4.78, 5) is 2.50. The summed E-state index contributed by atoms with van der Waals surface area (Å²) in [6.45, 7) is 8.55. The zero-order valence-electron chi connectivity index (χ0n) is 10.5. The summed E-state index contributed by atoms with van der Waals surface area (Å²) >= 11 is 0. The Morgan fingerprint density at radius 3 is 2.75 bits per heavy atom. The van der Waals surface area contributed by atoms with Gasteiger partial charge in [-0.25, -0.2) is 0 Å². The summed E-state index contributed by atoms with van der Waals surface area (Å²) in [6, 6.07) is 9.32. The van der Waals surface area contributed by atoms with Crippen LogP contribution in [0.1, 0.15) is 26.3 Å². The molecule has 0 aliphatic carbocycles. The van der Waals surface area contributed by atoms with Gasteiger partial charge in [0, 0.05) is 18.3 Å². The number of benzene rings is 1. The predicted molar refractivity (Wildman–Crippen MR) is 69.8 cm³/mol. The quantitative estimate of drug-likeness (QED) is 0.844. The summed E-state index contributed by atoms with van der Waals surface area (Å²) < 4.78 is 0. The SMILES string of the molecule is CC1Cc2ccccc2N1CC(C)(C)CN. The molecule has 0 saturated carbocycles. The minimum absolute atomic E-state index is 0.186. The molecule has 0 amide bonds. The molecule has 2 rings (SSSR count). The lowest BCUT2D eigenvalue weighted by atomic mass is 9.92. The highest BCUT2D eigenvalue weighted by Crippen LogP contribution is 2.34. The fourth-order valence-corrected chi connectivity index (χ4v) is 2.40. The predicted octanol–water partition coefficient (Wildman–Crippen LogP) is 2.42. The van der Waals surface area contributed by atoms with Crippen molar-refractivity contribution in [2.24, 2.45) is 11.1 Å². The molecule has 0 radical (unpaired) electrons. The van der Waals surface area contributed by atoms with Gasteiger partial charge in [-0.05, 0) is 36.9 Å². The van der Waals surface area contributed by atoms with Crippen molar-refractivity contribution in [1.29, 1.82) is 0 Å². The van der Waals surface area contributed by atoms with Gasteiger partial charge in [0.25, 0.3) is 0 Å². The Hall–Kier alpha value is -1.02. The first kappa shape index (κ1) is 11.5. The van der Waals surface area contributed by atoms with Gasteiger partial charge in [-0.1, -0.05) is 32.0 Å². The van der Waals surface area contributed by atoms with E-state index in [1.807, 2.05) is 0 Å². The van der Waals surface area contributed by atoms with E-state index < -0.39 is 0 Å². The van der Waals surface area contributed by atoms with Crippen molar-refractivity contribution in [3.63, 3.8) is 0 Å². The number of para-hydroxylation sites is 1. The first-order chi connectivity index (χ1) is 7.53. The zero-order chi connectivity index (χ0) is 11.8. The lowest BCUT2D eigenvalue weighted by Crippen LogP contribution is -2.41. The van der Waals surface area contributed by atoms with E-state index in [2.05, 4.69) is 49.9 Å². The molecule has 0 fully saturated rings. The van der Waals surface area contributed by atoms with E-state index in [-0.39, 0.29) is 5.41 Å². The largest absolute Gasteiger partial charge is 0.368 e. The molecular weight excluding hydrogens is 196 g/mol. The van der Waals surface area contributed by atoms with Crippen molar-refractivity contribution < 1.29 is 0 Å². The fraction of sp³-hybridized carbons (Fsp3) is 0.571. The van der Waals surface area contributed by atoms with Gasteiger partial charge in [-0.3, -0.25) is 0 Å². The van der Waals surface area contributed by atoms with Crippen LogP contribution in [0, 0.1) is 5.41 Å². The van der Waals surface area contributed by atoms with E-state index >= 15 is 0 Å². The number of nitrogens with two attached hydrogens (primary N) is 1. The summed E-state index contributed by atoms with van der Waals surface area (Å²) in [7, 11) is 0. The van der Waals surface area contributed by atoms with Crippen LogP contribution in [0.3, 0.4) is 0 Å². The fourth-order valence-electron chi connectivity index (χ4n) is 2.40. The van der Waals surface area contributed by atoms with Crippen molar-refractivity contribution in [2.75, 3.05) is 18.0 Å². The topological polar surface area (TPSA) is 29.3 Å². The highest BCUT2D eigenvalue weighted by Gasteiger charge is 2.29. The van der Waals surface area contributed by atoms with Crippen LogP contribution in [-0.4, -0.2) is 19.1 Å². The second-order valence-corrected chi connectivity index (χ2v) is 5.68. The average molecular weight is 218 g/mol. The van der Waals surface area contributed by atoms with Gasteiger partial charge in [0.15, 0.2) is 0 Å². The monoisotopic (exact) mass is 218 g/mol. The van der Waals surface area contributed by atoms with Crippen LogP contribution < -0.4 is 10.6 Å². The smallest absolute Gasteiger partial charge is 0.0402 e. The maximum absolute atomic E-state index is 5.82. The average Bonchev–Trinajstić information content (AvgIpc) is 2.56. The molecule has 1 heterocycles. The molecule has 0 bridgehead atoms. The molecule has 1 aromatic rings. The number of nitrogens with zero attached hydrogens (tertiary/aromatic N) is 1. The Labute approximate surface area is 98.4 Å². The summed E-state index contributed by atoms with van der Waals surface area (Å²) in [5.41, 5.74) is 8.88. The second-order valence-electron chi connectivity index (χ2n) is 5.68. The molecule has 16 heavy (non-hydrogen) atoms. The summed E-state index contributed by atoms with van der Waals surface area (Å²) in [5.74, 6) is 0. The van der Waals surface area contributed by atoms with Gasteiger partial charge in [0.1, 0.15) is 0 Å². The first-order valence-electron chi connectivity index (χ1n) is 6.08. The second kappa shape index (κ2) is 4.10. The van der Waals surface area contributed by atoms with Crippen LogP contribution in [0.4, 0.5) is 5.69 Å². The molecule has 0 aromatic heterocycles. The number of rotatable bonds is 3. The molecular formula is C14H22N2. The maximum atomic E-state index is 5.82. The standard InChI is InChI=1S/C14H22N2/c1-11-8-12-6-4-5-7-13(12)16(11)10-14(2,3)9-15/h4-7,11H,8-10,15H2,1-3H3. The Kier molecular flexibility index (Phi) is 2.94. The molecule has 1 unspecified atom stereocenters. The Bertz CT molecular complexity index is 371. The van der Waals surface area contributed by atoms with E-state index in [1.54, 1.807) is 0 Å². The minimum atomic E-state index is 0.186. The van der Waals surface area contributed by atoms with Crippen LogP contribution in [0.2, 0.25) is 0 Å². The van der Waals surface area contributed by atoms with Crippen molar-refractivity contribution >= 4 is 5.69 Å². The van der Waals surface area contributed by atoms with Crippen molar-refractivity contribution in [2.45, 2.75) is 33.2 Å². The number of hydrogen-bond acceptors (Lipinski definition) is 2. The van der Waals surface area contributed by atoms with Crippen LogP contribution in [-0.2, 0) is 6.42 Å². The van der Waals surface area contributed by atoms with Crippen LogP contribution in [0.25, 0.3) is 0 Å². The number of anilines is 1. The van der Waals surface area contributed by atoms with Gasteiger partial charge in [-0.15, -0.1) is 0 Å². The Morgan fingerprint density at radius 1 is 1.38 bits per heavy atom. The Morgan fingerprint density at radius 2 is 2.06 bits per heavy atom. The van der Waals surface area contributed by atoms with Gasteiger partial charge in [0.05, 0.1) is 0 Å². The highest BCUT2D eigenvalue weighted by atomic mass is 15.2. The lowest BCUT2D eigenvalue weighted by Gasteiger charge is -2.33. The van der Waals surface area contributed by atoms with E-state index in [0.29, 0.717) is 6.04 Å². The van der Waals surface area contributed by atoms with E-state index in [1.165, 1.54) is 11.3 Å². The lowest BCUT2D eigenvalue weighted by molar-refractivity contribution is 0.370. The van der Waals surface area contributed by atoms with Crippen molar-refractivity contribution in [3.8, 4) is 0 Å². The molecule has 0 saturated heterocycles. The summed E-state index contributed by atoms with van der Waals surface area (Å²) in [6.07, 6.45) is 1.16. The highest BCUT2D eigenvalue weighted by molar-refractivity contribution is 5.59. The molecule has 2 heteroatoms. The number of hydrogen-bond donors (Lipinski definition) is 1. The van der Waals surface area contributed by atoms with Crippen LogP contribution in [0.15, 0.2) is 24.3 Å². The van der Waals surface area contributed by atoms with Gasteiger partial charge < -0.3 is 10.6 Å². The minimum Gasteiger partial charge on any atom is -0.368 e. The van der Waals surface area contributed by atoms with Crippen LogP contribution >= 0.6 is 0 Å². The van der Waals surface area contributed by atoms with Crippen molar-refractivity contribution in [3.05, 3.63) is 29.8 Å². The third kappa shape index (κ3) is 2.07. The normalized spacial score (nSPS) is 20.0.